The molecule has 1 aliphatic rings. The van der Waals surface area contributed by atoms with Crippen molar-refractivity contribution in [3.8, 4) is 11.5 Å². The first kappa shape index (κ1) is 14.0. The van der Waals surface area contributed by atoms with Crippen molar-refractivity contribution in [2.45, 2.75) is 19.4 Å². The largest absolute Gasteiger partial charge is 0.490 e. The fourth-order valence-electron chi connectivity index (χ4n) is 2.47. The van der Waals surface area contributed by atoms with Gasteiger partial charge in [0.15, 0.2) is 0 Å². The van der Waals surface area contributed by atoms with E-state index in [2.05, 4.69) is 13.0 Å². The van der Waals surface area contributed by atoms with Gasteiger partial charge in [0.05, 0.1) is 0 Å². The molecule has 1 atom stereocenters. The molecule has 1 aliphatic heterocycles. The highest BCUT2D eigenvalue weighted by Gasteiger charge is 2.23. The van der Waals surface area contributed by atoms with E-state index in [1.54, 1.807) is 24.3 Å². The van der Waals surface area contributed by atoms with Crippen LogP contribution in [0, 0.1) is 6.92 Å². The summed E-state index contributed by atoms with van der Waals surface area (Å²) in [6.45, 7) is 2.54. The molecule has 108 valence electrons. The minimum absolute atomic E-state index is 0.0184. The lowest BCUT2D eigenvalue weighted by molar-refractivity contribution is 0.148. The van der Waals surface area contributed by atoms with E-state index >= 15 is 0 Å². The smallest absolute Gasteiger partial charge is 0.488 e. The topological polar surface area (TPSA) is 58.9 Å². The minimum Gasteiger partial charge on any atom is -0.490 e. The Kier molecular flexibility index (Phi) is 3.86. The molecule has 1 unspecified atom stereocenters. The third kappa shape index (κ3) is 3.20. The second-order valence-corrected chi connectivity index (χ2v) is 5.31. The van der Waals surface area contributed by atoms with Crippen LogP contribution in [-0.2, 0) is 6.42 Å². The van der Waals surface area contributed by atoms with Crippen molar-refractivity contribution in [3.05, 3.63) is 53.6 Å². The summed E-state index contributed by atoms with van der Waals surface area (Å²) in [5.41, 5.74) is 2.90. The lowest BCUT2D eigenvalue weighted by Gasteiger charge is -2.12. The van der Waals surface area contributed by atoms with Crippen molar-refractivity contribution in [1.82, 2.24) is 0 Å². The van der Waals surface area contributed by atoms with Crippen LogP contribution in [0.5, 0.6) is 11.5 Å². The molecule has 0 amide bonds. The molecule has 2 aromatic carbocycles. The van der Waals surface area contributed by atoms with Gasteiger partial charge < -0.3 is 19.5 Å². The number of hydrogen-bond acceptors (Lipinski definition) is 4. The van der Waals surface area contributed by atoms with Crippen LogP contribution in [0.15, 0.2) is 42.5 Å². The van der Waals surface area contributed by atoms with Crippen molar-refractivity contribution in [3.63, 3.8) is 0 Å². The Balaban J connectivity index is 1.57. The zero-order valence-corrected chi connectivity index (χ0v) is 11.8. The summed E-state index contributed by atoms with van der Waals surface area (Å²) in [4.78, 5) is 0. The number of aryl methyl sites for hydroxylation is 1. The number of fused-ring (bicyclic) bond motifs is 1. The monoisotopic (exact) mass is 284 g/mol. The molecule has 0 aromatic heterocycles. The van der Waals surface area contributed by atoms with Gasteiger partial charge in [0, 0.05) is 6.42 Å². The molecule has 0 fully saturated rings. The molecule has 3 rings (SSSR count). The van der Waals surface area contributed by atoms with Crippen LogP contribution in [0.4, 0.5) is 0 Å². The van der Waals surface area contributed by atoms with Crippen molar-refractivity contribution >= 4 is 12.6 Å². The first-order valence-electron chi connectivity index (χ1n) is 6.97. The molecular formula is C16H17BO4. The molecule has 2 N–H and O–H groups in total. The quantitative estimate of drug-likeness (QED) is 0.824. The number of rotatable bonds is 4. The van der Waals surface area contributed by atoms with E-state index in [0.29, 0.717) is 17.8 Å². The highest BCUT2D eigenvalue weighted by Crippen LogP contribution is 2.29. The third-order valence-electron chi connectivity index (χ3n) is 3.57. The van der Waals surface area contributed by atoms with Crippen molar-refractivity contribution in [2.75, 3.05) is 6.61 Å². The van der Waals surface area contributed by atoms with Gasteiger partial charge in [-0.3, -0.25) is 0 Å². The second kappa shape index (κ2) is 5.80. The van der Waals surface area contributed by atoms with Gasteiger partial charge in [0.2, 0.25) is 0 Å². The van der Waals surface area contributed by atoms with Crippen LogP contribution in [-0.4, -0.2) is 29.9 Å². The van der Waals surface area contributed by atoms with Gasteiger partial charge in [-0.15, -0.1) is 0 Å². The Morgan fingerprint density at radius 2 is 1.95 bits per heavy atom. The van der Waals surface area contributed by atoms with Gasteiger partial charge in [0.1, 0.15) is 24.2 Å². The Morgan fingerprint density at radius 1 is 1.19 bits per heavy atom. The van der Waals surface area contributed by atoms with Gasteiger partial charge in [-0.05, 0) is 36.1 Å². The van der Waals surface area contributed by atoms with E-state index in [4.69, 9.17) is 19.5 Å². The normalized spacial score (nSPS) is 16.2. The fourth-order valence-corrected chi connectivity index (χ4v) is 2.47. The summed E-state index contributed by atoms with van der Waals surface area (Å²) in [6, 6.07) is 12.9. The van der Waals surface area contributed by atoms with Crippen molar-refractivity contribution < 1.29 is 19.5 Å². The fraction of sp³-hybridized carbons (Fsp3) is 0.250. The summed E-state index contributed by atoms with van der Waals surface area (Å²) in [5.74, 6) is 1.63. The molecule has 2 aromatic rings. The molecule has 0 saturated carbocycles. The van der Waals surface area contributed by atoms with E-state index in [9.17, 15) is 0 Å². The lowest BCUT2D eigenvalue weighted by atomic mass is 9.80. The van der Waals surface area contributed by atoms with E-state index in [1.807, 2.05) is 12.1 Å². The molecule has 0 saturated heterocycles. The number of hydrogen-bond donors (Lipinski definition) is 2. The summed E-state index contributed by atoms with van der Waals surface area (Å²) in [7, 11) is -1.45. The average Bonchev–Trinajstić information content (AvgIpc) is 2.87. The maximum atomic E-state index is 9.03. The summed E-state index contributed by atoms with van der Waals surface area (Å²) in [6.07, 6.45) is 0.870. The Labute approximate surface area is 124 Å². The molecule has 0 radical (unpaired) electrons. The van der Waals surface area contributed by atoms with Crippen LogP contribution in [0.1, 0.15) is 11.1 Å². The van der Waals surface area contributed by atoms with Gasteiger partial charge in [-0.1, -0.05) is 29.8 Å². The van der Waals surface area contributed by atoms with E-state index in [0.717, 1.165) is 12.2 Å². The van der Waals surface area contributed by atoms with Crippen molar-refractivity contribution in [1.29, 1.82) is 0 Å². The SMILES string of the molecule is Cc1ccc2c(c1)CC(COc1ccc(B(O)O)cc1)O2. The van der Waals surface area contributed by atoms with E-state index in [-0.39, 0.29) is 6.10 Å². The first-order chi connectivity index (χ1) is 10.1. The van der Waals surface area contributed by atoms with Gasteiger partial charge in [0.25, 0.3) is 0 Å². The maximum absolute atomic E-state index is 9.03. The highest BCUT2D eigenvalue weighted by atomic mass is 16.5. The molecule has 0 bridgehead atoms. The molecule has 1 heterocycles. The Bertz CT molecular complexity index is 625. The van der Waals surface area contributed by atoms with Gasteiger partial charge in [-0.2, -0.15) is 0 Å². The predicted octanol–water partition coefficient (Wildman–Crippen LogP) is 1.06. The maximum Gasteiger partial charge on any atom is 0.488 e. The summed E-state index contributed by atoms with van der Waals surface area (Å²) < 4.78 is 11.5. The van der Waals surface area contributed by atoms with Crippen LogP contribution in [0.2, 0.25) is 0 Å². The summed E-state index contributed by atoms with van der Waals surface area (Å²) in [5, 5.41) is 18.1. The van der Waals surface area contributed by atoms with Crippen molar-refractivity contribution in [2.24, 2.45) is 0 Å². The van der Waals surface area contributed by atoms with E-state index < -0.39 is 7.12 Å². The standard InChI is InChI=1S/C16H17BO4/c1-11-2-7-16-12(8-11)9-15(21-16)10-20-14-5-3-13(4-6-14)17(18)19/h2-8,15,18-19H,9-10H2,1H3. The zero-order valence-electron chi connectivity index (χ0n) is 11.8. The van der Waals surface area contributed by atoms with Crippen LogP contribution in [0.25, 0.3) is 0 Å². The average molecular weight is 284 g/mol. The molecular weight excluding hydrogens is 267 g/mol. The minimum atomic E-state index is -1.45. The first-order valence-corrected chi connectivity index (χ1v) is 6.97. The van der Waals surface area contributed by atoms with E-state index in [1.165, 1.54) is 11.1 Å². The molecule has 0 spiro atoms. The molecule has 21 heavy (non-hydrogen) atoms. The Hall–Kier alpha value is -1.98. The Morgan fingerprint density at radius 3 is 2.67 bits per heavy atom. The molecule has 4 nitrogen and oxygen atoms in total. The predicted molar refractivity (Wildman–Crippen MR) is 81.1 cm³/mol. The van der Waals surface area contributed by atoms with Crippen LogP contribution >= 0.6 is 0 Å². The highest BCUT2D eigenvalue weighted by molar-refractivity contribution is 6.58. The van der Waals surface area contributed by atoms with Gasteiger partial charge in [-0.25, -0.2) is 0 Å². The van der Waals surface area contributed by atoms with Crippen LogP contribution in [0.3, 0.4) is 0 Å². The third-order valence-corrected chi connectivity index (χ3v) is 3.57. The summed E-state index contributed by atoms with van der Waals surface area (Å²) >= 11 is 0. The second-order valence-electron chi connectivity index (χ2n) is 5.31. The number of ether oxygens (including phenoxy) is 2. The zero-order chi connectivity index (χ0) is 14.8. The lowest BCUT2D eigenvalue weighted by Crippen LogP contribution is -2.29. The van der Waals surface area contributed by atoms with Crippen LogP contribution < -0.4 is 14.9 Å². The van der Waals surface area contributed by atoms with Gasteiger partial charge >= 0.3 is 7.12 Å². The number of benzene rings is 2. The molecule has 0 aliphatic carbocycles. The molecule has 5 heteroatoms.